The number of carbonyl (C=O) groups excluding carboxylic acids is 2. The lowest BCUT2D eigenvalue weighted by molar-refractivity contribution is -0.120. The Labute approximate surface area is 413 Å². The van der Waals surface area contributed by atoms with E-state index < -0.39 is 0 Å². The lowest BCUT2D eigenvalue weighted by Gasteiger charge is -2.42. The molecule has 7 heterocycles. The first-order valence-electron chi connectivity index (χ1n) is 23.3. The maximum absolute atomic E-state index is 12.8. The van der Waals surface area contributed by atoms with Gasteiger partial charge in [0.2, 0.25) is 17.1 Å². The Morgan fingerprint density at radius 1 is 0.623 bits per heavy atom. The van der Waals surface area contributed by atoms with Gasteiger partial charge in [-0.15, -0.1) is 0 Å². The van der Waals surface area contributed by atoms with E-state index in [2.05, 4.69) is 95.6 Å². The third-order valence-corrected chi connectivity index (χ3v) is 13.2. The first-order valence-corrected chi connectivity index (χ1v) is 23.6. The van der Waals surface area contributed by atoms with Crippen LogP contribution < -0.4 is 25.1 Å². The molecule has 0 saturated carbocycles. The number of likely N-dealkylation sites (N-methyl/N-ethyl adjacent to an activating group) is 2. The molecular formula is C53H66BClN10O4. The van der Waals surface area contributed by atoms with Gasteiger partial charge in [-0.25, -0.2) is 15.0 Å². The monoisotopic (exact) mass is 953 g/mol. The normalized spacial score (nSPS) is 17.9. The van der Waals surface area contributed by atoms with Crippen molar-refractivity contribution >= 4 is 59.0 Å². The smallest absolute Gasteiger partial charge is 0.399 e. The van der Waals surface area contributed by atoms with Gasteiger partial charge in [0.1, 0.15) is 23.5 Å². The molecule has 0 radical (unpaired) electrons. The fourth-order valence-corrected chi connectivity index (χ4v) is 8.87. The van der Waals surface area contributed by atoms with Gasteiger partial charge in [-0.1, -0.05) is 81.9 Å². The summed E-state index contributed by atoms with van der Waals surface area (Å²) in [5, 5.41) is 0.206. The fraction of sp³-hybridized carbons (Fsp3) is 0.396. The number of rotatable bonds is 8. The Bertz CT molecular complexity index is 2710. The zero-order chi connectivity index (χ0) is 49.1. The Balaban J connectivity index is 0.000000175. The maximum Gasteiger partial charge on any atom is 0.495 e. The second-order valence-electron chi connectivity index (χ2n) is 18.6. The summed E-state index contributed by atoms with van der Waals surface area (Å²) in [6, 6.07) is 24.2. The lowest BCUT2D eigenvalue weighted by Crippen LogP contribution is -2.54. The number of hydrogen-bond donors (Lipinski definition) is 0. The summed E-state index contributed by atoms with van der Waals surface area (Å²) in [6.45, 7) is 20.6. The Morgan fingerprint density at radius 3 is 1.57 bits per heavy atom. The zero-order valence-electron chi connectivity index (χ0n) is 41.2. The fourth-order valence-electron chi connectivity index (χ4n) is 8.74. The van der Waals surface area contributed by atoms with Crippen LogP contribution in [0.3, 0.4) is 0 Å². The third kappa shape index (κ3) is 10.5. The van der Waals surface area contributed by atoms with E-state index in [1.54, 1.807) is 48.7 Å². The highest BCUT2D eigenvalue weighted by molar-refractivity contribution is 6.63. The van der Waals surface area contributed by atoms with Gasteiger partial charge in [0.25, 0.3) is 0 Å². The molecule has 362 valence electrons. The van der Waals surface area contributed by atoms with Crippen molar-refractivity contribution in [2.45, 2.75) is 125 Å². The first kappa shape index (κ1) is 52.1. The molecule has 0 aliphatic carbocycles. The molecule has 1 fully saturated rings. The van der Waals surface area contributed by atoms with E-state index in [1.165, 1.54) is 0 Å². The zero-order valence-corrected chi connectivity index (χ0v) is 41.9. The number of fused-ring (bicyclic) bond motifs is 2. The van der Waals surface area contributed by atoms with Crippen LogP contribution in [-0.4, -0.2) is 98.3 Å². The molecular weight excluding hydrogens is 887 g/mol. The SMILES string of the molecule is C.CC1(C)OB(c2ccncc2-c2ccccc2)OC1(C)C.CC[C@@H]1C(=O)N(C)c2cnc(-c3ccncc3-c3ccccc3)nc2N1C(C)C.CC[C@@H]1C(=O)N(C)c2cnc(Cl)nc2N1C(C)C. The lowest BCUT2D eigenvalue weighted by atomic mass is 9.75. The van der Waals surface area contributed by atoms with Crippen LogP contribution in [0.5, 0.6) is 0 Å². The molecule has 0 N–H and O–H groups in total. The molecule has 3 aliphatic rings. The molecule has 16 heteroatoms. The van der Waals surface area contributed by atoms with Gasteiger partial charge in [-0.3, -0.25) is 19.6 Å². The molecule has 2 aromatic carbocycles. The predicted octanol–water partition coefficient (Wildman–Crippen LogP) is 9.96. The molecule has 2 amide bonds. The average Bonchev–Trinajstić information content (AvgIpc) is 3.56. The van der Waals surface area contributed by atoms with Crippen molar-refractivity contribution in [3.8, 4) is 33.6 Å². The Morgan fingerprint density at radius 2 is 1.07 bits per heavy atom. The van der Waals surface area contributed by atoms with E-state index in [9.17, 15) is 9.59 Å². The molecule has 69 heavy (non-hydrogen) atoms. The van der Waals surface area contributed by atoms with Crippen molar-refractivity contribution in [1.29, 1.82) is 0 Å². The largest absolute Gasteiger partial charge is 0.495 e. The number of pyridine rings is 2. The van der Waals surface area contributed by atoms with Gasteiger partial charge in [0, 0.05) is 62.1 Å². The van der Waals surface area contributed by atoms with Gasteiger partial charge in [0.15, 0.2) is 17.5 Å². The van der Waals surface area contributed by atoms with Crippen LogP contribution in [0, 0.1) is 0 Å². The number of hydrogen-bond acceptors (Lipinski definition) is 12. The van der Waals surface area contributed by atoms with Gasteiger partial charge < -0.3 is 28.9 Å². The number of amides is 2. The van der Waals surface area contributed by atoms with Crippen LogP contribution >= 0.6 is 11.6 Å². The first-order chi connectivity index (χ1) is 32.4. The minimum Gasteiger partial charge on any atom is -0.399 e. The number of aromatic nitrogens is 6. The van der Waals surface area contributed by atoms with E-state index in [4.69, 9.17) is 25.9 Å². The molecule has 4 aromatic heterocycles. The molecule has 2 atom stereocenters. The van der Waals surface area contributed by atoms with Gasteiger partial charge in [-0.2, -0.15) is 4.98 Å². The summed E-state index contributed by atoms with van der Waals surface area (Å²) in [6.07, 6.45) is 12.1. The summed E-state index contributed by atoms with van der Waals surface area (Å²) in [7, 11) is 3.18. The van der Waals surface area contributed by atoms with Crippen molar-refractivity contribution in [3.63, 3.8) is 0 Å². The number of benzene rings is 2. The van der Waals surface area contributed by atoms with Crippen molar-refractivity contribution in [2.24, 2.45) is 0 Å². The van der Waals surface area contributed by atoms with Gasteiger partial charge in [0.05, 0.1) is 23.6 Å². The van der Waals surface area contributed by atoms with Crippen LogP contribution in [0.15, 0.2) is 110 Å². The van der Waals surface area contributed by atoms with Crippen molar-refractivity contribution in [3.05, 3.63) is 115 Å². The van der Waals surface area contributed by atoms with Crippen LogP contribution in [0.4, 0.5) is 23.0 Å². The molecule has 14 nitrogen and oxygen atoms in total. The Hall–Kier alpha value is -6.29. The van der Waals surface area contributed by atoms with Crippen LogP contribution in [-0.2, 0) is 18.9 Å². The van der Waals surface area contributed by atoms with Crippen LogP contribution in [0.1, 0.15) is 89.5 Å². The van der Waals surface area contributed by atoms with Crippen molar-refractivity contribution < 1.29 is 18.9 Å². The highest BCUT2D eigenvalue weighted by Gasteiger charge is 2.52. The minimum absolute atomic E-state index is 0. The number of carbonyl (C=O) groups is 2. The van der Waals surface area contributed by atoms with Crippen LogP contribution in [0.25, 0.3) is 33.6 Å². The second-order valence-corrected chi connectivity index (χ2v) is 18.9. The van der Waals surface area contributed by atoms with E-state index >= 15 is 0 Å². The standard InChI is InChI=1S/C23H25N5O.C17H20BNO2.C12H17ClN4O.CH4/c1-5-19-23(29)27(4)20-14-25-21(26-22(20)28(19)15(2)3)17-11-12-24-13-18(17)16-9-7-6-8-10-16;1-16(2)17(3,4)21-18(20-16)15-10-11-19-12-14(15)13-8-6-5-7-9-13;1-5-8-11(18)16(4)9-6-14-12(13)15-10(9)17(8)7(2)3;/h6-15,19H,5H2,1-4H3;5-12H,1-4H3;6-8H,5H2,1-4H3;1H4/t19-;;8-;/m1.1./s1. The predicted molar refractivity (Wildman–Crippen MR) is 280 cm³/mol. The average molecular weight is 953 g/mol. The van der Waals surface area contributed by atoms with E-state index in [-0.39, 0.29) is 67.0 Å². The summed E-state index contributed by atoms with van der Waals surface area (Å²) >= 11 is 5.87. The van der Waals surface area contributed by atoms with E-state index in [1.807, 2.05) is 93.5 Å². The Kier molecular flexibility index (Phi) is 16.3. The summed E-state index contributed by atoms with van der Waals surface area (Å²) in [5.41, 5.74) is 6.94. The van der Waals surface area contributed by atoms with Gasteiger partial charge >= 0.3 is 7.12 Å². The molecule has 1 saturated heterocycles. The van der Waals surface area contributed by atoms with Crippen molar-refractivity contribution in [1.82, 2.24) is 29.9 Å². The quantitative estimate of drug-likeness (QED) is 0.106. The summed E-state index contributed by atoms with van der Waals surface area (Å²) in [4.78, 5) is 59.0. The number of halogens is 1. The molecule has 0 bridgehead atoms. The van der Waals surface area contributed by atoms with Gasteiger partial charge in [-0.05, 0) is 114 Å². The van der Waals surface area contributed by atoms with E-state index in [0.717, 1.165) is 63.4 Å². The molecule has 3 aliphatic heterocycles. The maximum atomic E-state index is 12.8. The van der Waals surface area contributed by atoms with Crippen molar-refractivity contribution in [2.75, 3.05) is 33.7 Å². The highest BCUT2D eigenvalue weighted by Crippen LogP contribution is 2.40. The number of nitrogens with zero attached hydrogens (tertiary/aromatic N) is 10. The van der Waals surface area contributed by atoms with E-state index in [0.29, 0.717) is 11.5 Å². The third-order valence-electron chi connectivity index (χ3n) is 13.1. The minimum atomic E-state index is -0.367. The topological polar surface area (TPSA) is 143 Å². The molecule has 6 aromatic rings. The number of anilines is 4. The highest BCUT2D eigenvalue weighted by atomic mass is 35.5. The summed E-state index contributed by atoms with van der Waals surface area (Å²) < 4.78 is 12.3. The second kappa shape index (κ2) is 21.6. The molecule has 0 spiro atoms. The van der Waals surface area contributed by atoms with Crippen LogP contribution in [0.2, 0.25) is 5.28 Å². The summed E-state index contributed by atoms with van der Waals surface area (Å²) in [5.74, 6) is 2.32. The molecule has 9 rings (SSSR count). The molecule has 0 unspecified atom stereocenters.